The third-order valence-corrected chi connectivity index (χ3v) is 14.5. The fourth-order valence-corrected chi connectivity index (χ4v) is 10.6. The van der Waals surface area contributed by atoms with Gasteiger partial charge in [0.15, 0.2) is 12.4 Å². The molecule has 68 heavy (non-hydrogen) atoms. The van der Waals surface area contributed by atoms with Crippen LogP contribution in [0.1, 0.15) is 97.1 Å². The lowest BCUT2D eigenvalue weighted by Crippen LogP contribution is -2.58. The Labute approximate surface area is 402 Å². The first-order chi connectivity index (χ1) is 32.4. The number of fused-ring (bicyclic) bond motifs is 3. The number of anilines is 2. The third-order valence-electron chi connectivity index (χ3n) is 12.3. The number of hydrogen-bond donors (Lipinski definition) is 5. The molecule has 0 saturated carbocycles. The fraction of sp³-hybridized carbons (Fsp3) is 0.360. The van der Waals surface area contributed by atoms with Crippen LogP contribution in [0.3, 0.4) is 0 Å². The van der Waals surface area contributed by atoms with Crippen molar-refractivity contribution in [3.8, 4) is 21.2 Å². The van der Waals surface area contributed by atoms with Crippen LogP contribution >= 0.6 is 22.7 Å². The van der Waals surface area contributed by atoms with Crippen LogP contribution < -0.4 is 20.7 Å². The third kappa shape index (κ3) is 10.1. The lowest BCUT2D eigenvalue weighted by molar-refractivity contribution is -0.144. The quantitative estimate of drug-likeness (QED) is 0.0719. The molecule has 16 nitrogen and oxygen atoms in total. The number of amides is 3. The minimum Gasteiger partial charge on any atom is -0.484 e. The average molecular weight is 958 g/mol. The Morgan fingerprint density at radius 3 is 2.32 bits per heavy atom. The molecule has 5 atom stereocenters. The maximum Gasteiger partial charge on any atom is 0.306 e. The van der Waals surface area contributed by atoms with E-state index in [9.17, 15) is 29.4 Å². The zero-order chi connectivity index (χ0) is 48.6. The smallest absolute Gasteiger partial charge is 0.306 e. The molecule has 3 aromatic carbocycles. The molecule has 0 radical (unpaired) electrons. The van der Waals surface area contributed by atoms with Crippen LogP contribution in [0.4, 0.5) is 11.4 Å². The van der Waals surface area contributed by atoms with E-state index in [0.29, 0.717) is 28.8 Å². The van der Waals surface area contributed by atoms with Crippen molar-refractivity contribution in [2.45, 2.75) is 98.5 Å². The summed E-state index contributed by atoms with van der Waals surface area (Å²) in [5.74, 6) is -0.803. The number of likely N-dealkylation sites (tertiary alicyclic amines) is 1. The van der Waals surface area contributed by atoms with Gasteiger partial charge in [-0.3, -0.25) is 28.7 Å². The number of hydrogen-bond acceptors (Lipinski definition) is 13. The number of aliphatic hydroxyl groups is 1. The van der Waals surface area contributed by atoms with Crippen molar-refractivity contribution in [2.24, 2.45) is 10.4 Å². The van der Waals surface area contributed by atoms with E-state index in [1.807, 2.05) is 113 Å². The fourth-order valence-electron chi connectivity index (χ4n) is 8.60. The first-order valence-corrected chi connectivity index (χ1v) is 24.1. The molecule has 1 fully saturated rings. The Morgan fingerprint density at radius 1 is 0.926 bits per heavy atom. The normalized spacial score (nSPS) is 17.6. The number of carbonyl (C=O) groups is 4. The van der Waals surface area contributed by atoms with Gasteiger partial charge in [-0.15, -0.1) is 32.9 Å². The van der Waals surface area contributed by atoms with Crippen molar-refractivity contribution in [1.29, 1.82) is 0 Å². The highest BCUT2D eigenvalue weighted by Gasteiger charge is 2.45. The van der Waals surface area contributed by atoms with Gasteiger partial charge < -0.3 is 35.8 Å². The molecule has 6 aromatic rings. The maximum atomic E-state index is 14.2. The number of carboxylic acids is 1. The van der Waals surface area contributed by atoms with Crippen molar-refractivity contribution in [1.82, 2.24) is 35.3 Å². The van der Waals surface area contributed by atoms with E-state index in [2.05, 4.69) is 38.1 Å². The number of ether oxygens (including phenoxy) is 1. The Morgan fingerprint density at radius 2 is 1.65 bits per heavy atom. The number of carboxylic acid groups (broad SMARTS) is 1. The number of thiophene rings is 1. The first-order valence-electron chi connectivity index (χ1n) is 22.4. The molecule has 354 valence electrons. The summed E-state index contributed by atoms with van der Waals surface area (Å²) in [6.45, 7) is 14.8. The van der Waals surface area contributed by atoms with E-state index in [1.54, 1.807) is 40.9 Å². The lowest BCUT2D eigenvalue weighted by atomic mass is 9.85. The molecule has 5 N–H and O–H groups in total. The Hall–Kier alpha value is -6.76. The molecule has 0 spiro atoms. The molecule has 2 aliphatic heterocycles. The van der Waals surface area contributed by atoms with Crippen molar-refractivity contribution < 1.29 is 34.1 Å². The highest BCUT2D eigenvalue weighted by atomic mass is 32.1. The summed E-state index contributed by atoms with van der Waals surface area (Å²) in [4.78, 5) is 66.4. The van der Waals surface area contributed by atoms with Gasteiger partial charge in [0, 0.05) is 46.4 Å². The highest BCUT2D eigenvalue weighted by molar-refractivity contribution is 7.15. The summed E-state index contributed by atoms with van der Waals surface area (Å²) in [5.41, 5.74) is 8.88. The molecular weight excluding hydrogens is 903 g/mol. The van der Waals surface area contributed by atoms with Gasteiger partial charge in [0.05, 0.1) is 40.4 Å². The van der Waals surface area contributed by atoms with E-state index in [-0.39, 0.29) is 37.9 Å². The van der Waals surface area contributed by atoms with Gasteiger partial charge in [0.1, 0.15) is 34.7 Å². The van der Waals surface area contributed by atoms with Gasteiger partial charge in [0.25, 0.3) is 5.91 Å². The standard InChI is InChI=1S/C50H55N9O7S2/c1-26-29(4)68-49-42(26)43(54-38(22-41(62)63)46-57-56-30(5)59(46)49)32-16-18-34(19-17-32)53-35-10-9-11-37(20-35)66-24-40(61)55-45(50(6,7)8)48(65)58-23-36(60)21-39(58)47(64)52-27(2)31-12-14-33(15-13-31)44-28(3)51-25-67-44/h9-20,25,27,36,38-39,45,53,60H,21-24H2,1-8H3,(H,52,64)(H,55,61)(H,62,63)/t27?,36-,38+,39+,45?/m1/s1. The number of benzene rings is 3. The molecule has 8 rings (SSSR count). The van der Waals surface area contributed by atoms with E-state index in [0.717, 1.165) is 54.0 Å². The molecule has 3 amide bonds. The predicted molar refractivity (Wildman–Crippen MR) is 262 cm³/mol. The largest absolute Gasteiger partial charge is 0.484 e. The van der Waals surface area contributed by atoms with Crippen LogP contribution in [0, 0.1) is 33.1 Å². The van der Waals surface area contributed by atoms with Crippen molar-refractivity contribution in [3.63, 3.8) is 0 Å². The van der Waals surface area contributed by atoms with Gasteiger partial charge in [-0.2, -0.15) is 0 Å². The number of β-amino-alcohol motifs (C(OH)–C–C–N with tert-alkyl or cyclic N) is 1. The number of rotatable bonds is 14. The number of aliphatic hydroxyl groups excluding tert-OH is 1. The predicted octanol–water partition coefficient (Wildman–Crippen LogP) is 7.55. The number of carbonyl (C=O) groups excluding carboxylic acids is 3. The SMILES string of the molecule is Cc1ncsc1-c1ccc(C(C)NC(=O)[C@@H]2C[C@@H](O)CN2C(=O)C(NC(=O)COc2cccc(Nc3ccc(C4=N[C@@H](CC(=O)O)c5nnc(C)n5-c5sc(C)c(C)c54)cc3)c2)C(C)(C)C)cc1. The second-order valence-corrected chi connectivity index (χ2v) is 20.5. The number of aromatic nitrogens is 4. The average Bonchev–Trinajstić information content (AvgIpc) is 4.06. The summed E-state index contributed by atoms with van der Waals surface area (Å²) in [6.07, 6.45) is -1.07. The number of aryl methyl sites for hydroxylation is 3. The van der Waals surface area contributed by atoms with Gasteiger partial charge in [0.2, 0.25) is 11.8 Å². The van der Waals surface area contributed by atoms with Crippen molar-refractivity contribution >= 4 is 63.5 Å². The molecule has 2 unspecified atom stereocenters. The van der Waals surface area contributed by atoms with Crippen LogP contribution in [0.25, 0.3) is 15.4 Å². The summed E-state index contributed by atoms with van der Waals surface area (Å²) in [5, 5.41) is 39.3. The van der Waals surface area contributed by atoms with Crippen LogP contribution in [-0.4, -0.2) is 95.6 Å². The first kappa shape index (κ1) is 47.7. The van der Waals surface area contributed by atoms with E-state index in [1.165, 1.54) is 4.90 Å². The zero-order valence-electron chi connectivity index (χ0n) is 39.2. The number of nitrogens with zero attached hydrogens (tertiary/aromatic N) is 6. The summed E-state index contributed by atoms with van der Waals surface area (Å²) >= 11 is 3.17. The van der Waals surface area contributed by atoms with Crippen LogP contribution in [-0.2, 0) is 19.2 Å². The summed E-state index contributed by atoms with van der Waals surface area (Å²) in [6, 6.07) is 19.7. The molecular formula is C50H55N9O7S2. The second-order valence-electron chi connectivity index (χ2n) is 18.4. The molecule has 2 aliphatic rings. The Bertz CT molecular complexity index is 2900. The summed E-state index contributed by atoms with van der Waals surface area (Å²) < 4.78 is 7.86. The Kier molecular flexibility index (Phi) is 13.7. The van der Waals surface area contributed by atoms with Crippen molar-refractivity contribution in [2.75, 3.05) is 18.5 Å². The van der Waals surface area contributed by atoms with Gasteiger partial charge >= 0.3 is 5.97 Å². The zero-order valence-corrected chi connectivity index (χ0v) is 40.8. The number of aliphatic imine (C=N–C) groups is 1. The van der Waals surface area contributed by atoms with Gasteiger partial charge in [-0.25, -0.2) is 4.98 Å². The molecule has 18 heteroatoms. The molecule has 0 bridgehead atoms. The molecule has 5 heterocycles. The number of nitrogens with one attached hydrogen (secondary N) is 3. The monoisotopic (exact) mass is 957 g/mol. The molecule has 0 aliphatic carbocycles. The lowest BCUT2D eigenvalue weighted by Gasteiger charge is -2.35. The van der Waals surface area contributed by atoms with E-state index < -0.39 is 47.4 Å². The van der Waals surface area contributed by atoms with E-state index >= 15 is 0 Å². The van der Waals surface area contributed by atoms with Gasteiger partial charge in [-0.1, -0.05) is 63.2 Å². The van der Waals surface area contributed by atoms with E-state index in [4.69, 9.17) is 9.73 Å². The minimum atomic E-state index is -1.02. The number of aliphatic carboxylic acids is 1. The minimum absolute atomic E-state index is 0.0447. The second kappa shape index (κ2) is 19.5. The highest BCUT2D eigenvalue weighted by Crippen LogP contribution is 2.40. The molecule has 1 saturated heterocycles. The topological polar surface area (TPSA) is 213 Å². The van der Waals surface area contributed by atoms with Crippen LogP contribution in [0.15, 0.2) is 83.3 Å². The van der Waals surface area contributed by atoms with Crippen molar-refractivity contribution in [3.05, 3.63) is 123 Å². The molecule has 3 aromatic heterocycles. The number of thiazole rings is 1. The Balaban J connectivity index is 0.900. The summed E-state index contributed by atoms with van der Waals surface area (Å²) in [7, 11) is 0. The maximum absolute atomic E-state index is 14.2. The van der Waals surface area contributed by atoms with Crippen LogP contribution in [0.2, 0.25) is 0 Å². The van der Waals surface area contributed by atoms with Gasteiger partial charge in [-0.05, 0) is 81.0 Å². The van der Waals surface area contributed by atoms with Crippen LogP contribution in [0.5, 0.6) is 5.75 Å².